The Morgan fingerprint density at radius 2 is 2.12 bits per heavy atom. The van der Waals surface area contributed by atoms with E-state index in [4.69, 9.17) is 5.73 Å². The number of ether oxygens (including phenoxy) is 1. The van der Waals surface area contributed by atoms with Crippen molar-refractivity contribution in [1.29, 1.82) is 0 Å². The largest absolute Gasteiger partial charge is 0.468 e. The Morgan fingerprint density at radius 1 is 1.47 bits per heavy atom. The summed E-state index contributed by atoms with van der Waals surface area (Å²) in [6.07, 6.45) is 0. The zero-order valence-corrected chi connectivity index (χ0v) is 10.4. The summed E-state index contributed by atoms with van der Waals surface area (Å²) in [5.74, 6) is -1.53. The third kappa shape index (κ3) is 3.95. The first-order chi connectivity index (χ1) is 7.84. The molecule has 7 heteroatoms. The number of nitrogens with one attached hydrogen (secondary N) is 1. The van der Waals surface area contributed by atoms with Gasteiger partial charge in [0.25, 0.3) is 0 Å². The molecule has 1 rings (SSSR count). The number of carbonyl (C=O) groups excluding carboxylic acids is 1. The van der Waals surface area contributed by atoms with Crippen molar-refractivity contribution >= 4 is 27.4 Å². The summed E-state index contributed by atoms with van der Waals surface area (Å²) < 4.78 is 29.6. The van der Waals surface area contributed by atoms with Crippen LogP contribution >= 0.6 is 0 Å². The van der Waals surface area contributed by atoms with E-state index in [-0.39, 0.29) is 0 Å². The van der Waals surface area contributed by atoms with Crippen LogP contribution in [0.1, 0.15) is 5.56 Å². The Labute approximate surface area is 99.8 Å². The second-order valence-electron chi connectivity index (χ2n) is 3.51. The number of rotatable bonds is 4. The second-order valence-corrected chi connectivity index (χ2v) is 5.23. The molecule has 0 atom stereocenters. The number of nitrogen functional groups attached to an aromatic ring is 1. The monoisotopic (exact) mass is 258 g/mol. The van der Waals surface area contributed by atoms with Crippen LogP contribution in [-0.2, 0) is 19.6 Å². The van der Waals surface area contributed by atoms with Crippen molar-refractivity contribution < 1.29 is 17.9 Å². The molecule has 3 N–H and O–H groups in total. The molecule has 0 radical (unpaired) electrons. The summed E-state index contributed by atoms with van der Waals surface area (Å²) in [7, 11) is -2.61. The Bertz CT molecular complexity index is 525. The summed E-state index contributed by atoms with van der Waals surface area (Å²) in [6.45, 7) is 1.76. The smallest absolute Gasteiger partial charge is 0.322 e. The molecular weight excluding hydrogens is 244 g/mol. The summed E-state index contributed by atoms with van der Waals surface area (Å²) in [6, 6.07) is 4.70. The minimum atomic E-state index is -3.74. The summed E-state index contributed by atoms with van der Waals surface area (Å²) >= 11 is 0. The highest BCUT2D eigenvalue weighted by molar-refractivity contribution is 7.93. The van der Waals surface area contributed by atoms with Gasteiger partial charge in [-0.05, 0) is 30.7 Å². The van der Waals surface area contributed by atoms with Crippen molar-refractivity contribution in [3.8, 4) is 0 Å². The summed E-state index contributed by atoms with van der Waals surface area (Å²) in [4.78, 5) is 10.9. The number of aryl methyl sites for hydroxylation is 1. The number of nitrogens with two attached hydrogens (primary N) is 1. The van der Waals surface area contributed by atoms with Crippen LogP contribution in [0, 0.1) is 6.92 Å². The molecule has 0 aliphatic heterocycles. The molecule has 94 valence electrons. The fraction of sp³-hybridized carbons (Fsp3) is 0.300. The van der Waals surface area contributed by atoms with E-state index in [0.29, 0.717) is 11.4 Å². The van der Waals surface area contributed by atoms with E-state index >= 15 is 0 Å². The van der Waals surface area contributed by atoms with E-state index in [1.165, 1.54) is 6.07 Å². The van der Waals surface area contributed by atoms with E-state index in [1.807, 2.05) is 0 Å². The zero-order chi connectivity index (χ0) is 13.1. The Balaban J connectivity index is 2.83. The molecule has 0 saturated heterocycles. The number of esters is 1. The first-order valence-electron chi connectivity index (χ1n) is 4.77. The zero-order valence-electron chi connectivity index (χ0n) is 9.56. The van der Waals surface area contributed by atoms with Gasteiger partial charge in [0.15, 0.2) is 5.75 Å². The Morgan fingerprint density at radius 3 is 2.65 bits per heavy atom. The number of hydrogen-bond acceptors (Lipinski definition) is 5. The van der Waals surface area contributed by atoms with Crippen molar-refractivity contribution in [1.82, 2.24) is 0 Å². The molecule has 0 amide bonds. The fourth-order valence-electron chi connectivity index (χ4n) is 1.17. The molecule has 0 spiro atoms. The lowest BCUT2D eigenvalue weighted by Crippen LogP contribution is -2.23. The third-order valence-electron chi connectivity index (χ3n) is 2.08. The molecule has 0 heterocycles. The average molecular weight is 258 g/mol. The fourth-order valence-corrected chi connectivity index (χ4v) is 2.16. The van der Waals surface area contributed by atoms with Gasteiger partial charge in [-0.25, -0.2) is 8.42 Å². The number of sulfonamides is 1. The molecule has 0 aliphatic rings. The minimum absolute atomic E-state index is 0.362. The normalized spacial score (nSPS) is 10.9. The predicted octanol–water partition coefficient (Wildman–Crippen LogP) is 0.492. The van der Waals surface area contributed by atoms with Gasteiger partial charge in [-0.3, -0.25) is 9.52 Å². The Hall–Kier alpha value is -1.76. The van der Waals surface area contributed by atoms with Gasteiger partial charge in [-0.1, -0.05) is 0 Å². The van der Waals surface area contributed by atoms with Gasteiger partial charge >= 0.3 is 5.97 Å². The molecule has 17 heavy (non-hydrogen) atoms. The highest BCUT2D eigenvalue weighted by Gasteiger charge is 2.16. The topological polar surface area (TPSA) is 98.5 Å². The molecule has 0 unspecified atom stereocenters. The van der Waals surface area contributed by atoms with Crippen LogP contribution in [0.25, 0.3) is 0 Å². The molecular formula is C10H14N2O4S. The van der Waals surface area contributed by atoms with Crippen LogP contribution in [0.3, 0.4) is 0 Å². The number of benzene rings is 1. The van der Waals surface area contributed by atoms with Crippen molar-refractivity contribution in [2.45, 2.75) is 6.92 Å². The van der Waals surface area contributed by atoms with Crippen molar-refractivity contribution in [3.63, 3.8) is 0 Å². The van der Waals surface area contributed by atoms with Crippen LogP contribution in [0.5, 0.6) is 0 Å². The Kier molecular flexibility index (Phi) is 3.95. The number of methoxy groups -OCH3 is 1. The highest BCUT2D eigenvalue weighted by Crippen LogP contribution is 2.17. The van der Waals surface area contributed by atoms with Crippen LogP contribution < -0.4 is 10.5 Å². The van der Waals surface area contributed by atoms with Gasteiger partial charge < -0.3 is 10.5 Å². The third-order valence-corrected chi connectivity index (χ3v) is 3.24. The lowest BCUT2D eigenvalue weighted by atomic mass is 10.2. The van der Waals surface area contributed by atoms with E-state index in [1.54, 1.807) is 19.1 Å². The predicted molar refractivity (Wildman–Crippen MR) is 65.0 cm³/mol. The first-order valence-corrected chi connectivity index (χ1v) is 6.43. The molecule has 1 aromatic rings. The summed E-state index contributed by atoms with van der Waals surface area (Å²) in [5.41, 5.74) is 7.29. The summed E-state index contributed by atoms with van der Waals surface area (Å²) in [5, 5.41) is 0. The number of carbonyl (C=O) groups is 1. The maximum Gasteiger partial charge on any atom is 0.322 e. The van der Waals surface area contributed by atoms with Gasteiger partial charge in [-0.15, -0.1) is 0 Å². The molecule has 0 bridgehead atoms. The van der Waals surface area contributed by atoms with Gasteiger partial charge in [0.2, 0.25) is 10.0 Å². The minimum Gasteiger partial charge on any atom is -0.468 e. The van der Waals surface area contributed by atoms with Crippen molar-refractivity contribution in [2.24, 2.45) is 0 Å². The first kappa shape index (κ1) is 13.3. The van der Waals surface area contributed by atoms with Gasteiger partial charge in [-0.2, -0.15) is 0 Å². The molecule has 0 fully saturated rings. The van der Waals surface area contributed by atoms with E-state index in [2.05, 4.69) is 9.46 Å². The van der Waals surface area contributed by atoms with Crippen LogP contribution in [-0.4, -0.2) is 27.2 Å². The van der Waals surface area contributed by atoms with E-state index in [0.717, 1.165) is 12.7 Å². The van der Waals surface area contributed by atoms with Crippen LogP contribution in [0.15, 0.2) is 18.2 Å². The lowest BCUT2D eigenvalue weighted by Gasteiger charge is -2.08. The average Bonchev–Trinajstić information content (AvgIpc) is 2.22. The van der Waals surface area contributed by atoms with Crippen LogP contribution in [0.4, 0.5) is 11.4 Å². The standard InChI is InChI=1S/C10H14N2O4S/c1-7-5-8(3-4-9(7)11)12-17(14,15)6-10(13)16-2/h3-5,12H,6,11H2,1-2H3. The number of hydrogen-bond donors (Lipinski definition) is 2. The maximum atomic E-state index is 11.5. The van der Waals surface area contributed by atoms with Crippen molar-refractivity contribution in [3.05, 3.63) is 23.8 Å². The molecule has 6 nitrogen and oxygen atoms in total. The van der Waals surface area contributed by atoms with Gasteiger partial charge in [0, 0.05) is 11.4 Å². The maximum absolute atomic E-state index is 11.5. The quantitative estimate of drug-likeness (QED) is 0.605. The van der Waals surface area contributed by atoms with Gasteiger partial charge in [0.05, 0.1) is 7.11 Å². The van der Waals surface area contributed by atoms with E-state index in [9.17, 15) is 13.2 Å². The SMILES string of the molecule is COC(=O)CS(=O)(=O)Nc1ccc(N)c(C)c1. The molecule has 1 aromatic carbocycles. The lowest BCUT2D eigenvalue weighted by molar-refractivity contribution is -0.137. The molecule has 0 aromatic heterocycles. The highest BCUT2D eigenvalue weighted by atomic mass is 32.2. The second kappa shape index (κ2) is 5.05. The van der Waals surface area contributed by atoms with Crippen molar-refractivity contribution in [2.75, 3.05) is 23.3 Å². The number of anilines is 2. The van der Waals surface area contributed by atoms with Gasteiger partial charge in [0.1, 0.15) is 0 Å². The molecule has 0 aliphatic carbocycles. The van der Waals surface area contributed by atoms with E-state index < -0.39 is 21.7 Å². The molecule has 0 saturated carbocycles. The van der Waals surface area contributed by atoms with Crippen LogP contribution in [0.2, 0.25) is 0 Å².